The molecule has 0 unspecified atom stereocenters. The van der Waals surface area contributed by atoms with Gasteiger partial charge >= 0.3 is 0 Å². The molecule has 4 aromatic heterocycles. The summed E-state index contributed by atoms with van der Waals surface area (Å²) in [4.78, 5) is 27.0. The molecule has 2 N–H and O–H groups in total. The van der Waals surface area contributed by atoms with Crippen LogP contribution in [0.2, 0.25) is 0 Å². The molecular formula is C20H24N8OS2. The maximum Gasteiger partial charge on any atom is 0.263 e. The number of hydrogen-bond acceptors (Lipinski definition) is 8. The molecule has 0 aliphatic rings. The Bertz CT molecular complexity index is 1200. The van der Waals surface area contributed by atoms with E-state index in [9.17, 15) is 4.79 Å². The molecule has 4 heterocycles. The summed E-state index contributed by atoms with van der Waals surface area (Å²) in [6, 6.07) is 4.10. The summed E-state index contributed by atoms with van der Waals surface area (Å²) in [5.41, 5.74) is 1.47. The monoisotopic (exact) mass is 456 g/mol. The average molecular weight is 457 g/mol. The fourth-order valence-corrected chi connectivity index (χ4v) is 4.41. The Kier molecular flexibility index (Phi) is 6.23. The Balaban J connectivity index is 1.47. The normalized spacial score (nSPS) is 11.4. The van der Waals surface area contributed by atoms with E-state index >= 15 is 0 Å². The Labute approximate surface area is 188 Å². The quantitative estimate of drug-likeness (QED) is 0.310. The van der Waals surface area contributed by atoms with E-state index in [2.05, 4.69) is 44.5 Å². The highest BCUT2D eigenvalue weighted by Gasteiger charge is 2.17. The fourth-order valence-electron chi connectivity index (χ4n) is 3.09. The van der Waals surface area contributed by atoms with Crippen LogP contribution < -0.4 is 10.6 Å². The van der Waals surface area contributed by atoms with Gasteiger partial charge < -0.3 is 15.2 Å². The summed E-state index contributed by atoms with van der Waals surface area (Å²) < 4.78 is 3.70. The molecule has 31 heavy (non-hydrogen) atoms. The van der Waals surface area contributed by atoms with Gasteiger partial charge in [0.05, 0.1) is 23.8 Å². The number of fused-ring (bicyclic) bond motifs is 1. The van der Waals surface area contributed by atoms with Gasteiger partial charge in [0.25, 0.3) is 5.91 Å². The first-order chi connectivity index (χ1) is 15.0. The topological polar surface area (TPSA) is 103 Å². The fraction of sp³-hybridized carbons (Fsp3) is 0.350. The van der Waals surface area contributed by atoms with Crippen LogP contribution in [0.1, 0.15) is 29.2 Å². The smallest absolute Gasteiger partial charge is 0.263 e. The Morgan fingerprint density at radius 1 is 1.23 bits per heavy atom. The van der Waals surface area contributed by atoms with Crippen molar-refractivity contribution in [2.24, 2.45) is 0 Å². The molecule has 0 saturated carbocycles. The highest BCUT2D eigenvalue weighted by atomic mass is 32.2. The van der Waals surface area contributed by atoms with Crippen molar-refractivity contribution in [1.82, 2.24) is 34.6 Å². The largest absolute Gasteiger partial charge is 0.367 e. The molecule has 9 nitrogen and oxygen atoms in total. The standard InChI is InChI=1S/C20H24N8OS2/c1-12(2)23-16-14-11-22-28(17(14)26-19(25-16)30-4)10-7-21-18(29)15-13(3)24-20(31-15)27-8-5-6-9-27/h5-6,8-9,11-12H,7,10H2,1-4H3,(H,21,29)(H,23,25,26). The minimum atomic E-state index is -0.133. The first-order valence-corrected chi connectivity index (χ1v) is 11.9. The molecule has 0 aromatic carbocycles. The number of aromatic nitrogens is 6. The molecule has 0 aliphatic carbocycles. The van der Waals surface area contributed by atoms with Crippen LogP contribution in [0.25, 0.3) is 16.2 Å². The van der Waals surface area contributed by atoms with Crippen molar-refractivity contribution >= 4 is 45.9 Å². The molecule has 0 atom stereocenters. The van der Waals surface area contributed by atoms with E-state index in [1.54, 1.807) is 10.9 Å². The number of thioether (sulfide) groups is 1. The zero-order valence-electron chi connectivity index (χ0n) is 17.8. The molecule has 11 heteroatoms. The van der Waals surface area contributed by atoms with Crippen LogP contribution in [-0.4, -0.2) is 54.0 Å². The molecule has 0 radical (unpaired) electrons. The average Bonchev–Trinajstić information content (AvgIpc) is 3.47. The molecule has 0 fully saturated rings. The van der Waals surface area contributed by atoms with Crippen LogP contribution in [0.3, 0.4) is 0 Å². The minimum Gasteiger partial charge on any atom is -0.367 e. The van der Waals surface area contributed by atoms with Gasteiger partial charge in [-0.1, -0.05) is 23.1 Å². The zero-order valence-corrected chi connectivity index (χ0v) is 19.4. The lowest BCUT2D eigenvalue weighted by atomic mass is 10.3. The number of rotatable bonds is 8. The van der Waals surface area contributed by atoms with Gasteiger partial charge in [-0.2, -0.15) is 5.10 Å². The molecule has 162 valence electrons. The number of nitrogens with zero attached hydrogens (tertiary/aromatic N) is 6. The second-order valence-corrected chi connectivity index (χ2v) is 8.97. The number of amides is 1. The van der Waals surface area contributed by atoms with Crippen LogP contribution in [0.15, 0.2) is 35.9 Å². The number of anilines is 1. The third-order valence-corrected chi connectivity index (χ3v) is 6.23. The van der Waals surface area contributed by atoms with Crippen molar-refractivity contribution in [3.05, 3.63) is 41.3 Å². The van der Waals surface area contributed by atoms with Crippen molar-refractivity contribution < 1.29 is 4.79 Å². The number of aryl methyl sites for hydroxylation is 1. The zero-order chi connectivity index (χ0) is 22.0. The Hall–Kier alpha value is -2.92. The van der Waals surface area contributed by atoms with Crippen LogP contribution in [-0.2, 0) is 6.54 Å². The SMILES string of the molecule is CSc1nc(NC(C)C)c2cnn(CCNC(=O)c3sc(-n4cccc4)nc3C)c2n1. The third-order valence-electron chi connectivity index (χ3n) is 4.51. The lowest BCUT2D eigenvalue weighted by molar-refractivity contribution is 0.0955. The van der Waals surface area contributed by atoms with Crippen molar-refractivity contribution in [3.63, 3.8) is 0 Å². The summed E-state index contributed by atoms with van der Waals surface area (Å²) >= 11 is 2.86. The predicted octanol–water partition coefficient (Wildman–Crippen LogP) is 3.35. The van der Waals surface area contributed by atoms with Crippen LogP contribution in [0.4, 0.5) is 5.82 Å². The molecule has 4 rings (SSSR count). The molecule has 0 saturated heterocycles. The van der Waals surface area contributed by atoms with Gasteiger partial charge in [0.15, 0.2) is 15.9 Å². The lowest BCUT2D eigenvalue weighted by Gasteiger charge is -2.11. The van der Waals surface area contributed by atoms with Crippen molar-refractivity contribution in [3.8, 4) is 5.13 Å². The van der Waals surface area contributed by atoms with Gasteiger partial charge in [0.2, 0.25) is 0 Å². The summed E-state index contributed by atoms with van der Waals surface area (Å²) in [6.45, 7) is 6.91. The predicted molar refractivity (Wildman–Crippen MR) is 124 cm³/mol. The first kappa shape index (κ1) is 21.3. The van der Waals surface area contributed by atoms with Crippen LogP contribution in [0.5, 0.6) is 0 Å². The van der Waals surface area contributed by atoms with Gasteiger partial charge in [0, 0.05) is 25.0 Å². The van der Waals surface area contributed by atoms with Crippen LogP contribution in [0, 0.1) is 6.92 Å². The summed E-state index contributed by atoms with van der Waals surface area (Å²) in [7, 11) is 0. The van der Waals surface area contributed by atoms with Crippen molar-refractivity contribution in [1.29, 1.82) is 0 Å². The third kappa shape index (κ3) is 4.57. The minimum absolute atomic E-state index is 0.133. The van der Waals surface area contributed by atoms with Gasteiger partial charge in [-0.3, -0.25) is 4.79 Å². The van der Waals surface area contributed by atoms with Gasteiger partial charge in [-0.15, -0.1) is 0 Å². The number of nitrogens with one attached hydrogen (secondary N) is 2. The van der Waals surface area contributed by atoms with E-state index in [1.807, 2.05) is 42.3 Å². The summed E-state index contributed by atoms with van der Waals surface area (Å²) in [5, 5.41) is 13.1. The molecule has 0 spiro atoms. The first-order valence-electron chi connectivity index (χ1n) is 9.89. The van der Waals surface area contributed by atoms with Gasteiger partial charge in [0.1, 0.15) is 10.7 Å². The van der Waals surface area contributed by atoms with E-state index in [4.69, 9.17) is 0 Å². The van der Waals surface area contributed by atoms with Gasteiger partial charge in [-0.05, 0) is 39.2 Å². The van der Waals surface area contributed by atoms with E-state index < -0.39 is 0 Å². The highest BCUT2D eigenvalue weighted by Crippen LogP contribution is 2.24. The van der Waals surface area contributed by atoms with Crippen molar-refractivity contribution in [2.45, 2.75) is 38.5 Å². The maximum absolute atomic E-state index is 12.7. The second-order valence-electron chi connectivity index (χ2n) is 7.22. The van der Waals surface area contributed by atoms with Crippen molar-refractivity contribution in [2.75, 3.05) is 18.1 Å². The Morgan fingerprint density at radius 3 is 2.71 bits per heavy atom. The number of thiazole rings is 1. The van der Waals surface area contributed by atoms with Crippen LogP contribution >= 0.6 is 23.1 Å². The molecule has 1 amide bonds. The van der Waals surface area contributed by atoms with E-state index in [-0.39, 0.29) is 11.9 Å². The van der Waals surface area contributed by atoms with E-state index in [0.29, 0.717) is 23.1 Å². The summed E-state index contributed by atoms with van der Waals surface area (Å²) in [6.07, 6.45) is 7.54. The number of carbonyl (C=O) groups is 1. The Morgan fingerprint density at radius 2 is 2.00 bits per heavy atom. The molecule has 4 aromatic rings. The molecular weight excluding hydrogens is 432 g/mol. The van der Waals surface area contributed by atoms with E-state index in [1.165, 1.54) is 23.1 Å². The molecule has 0 aliphatic heterocycles. The molecule has 0 bridgehead atoms. The number of carbonyl (C=O) groups excluding carboxylic acids is 1. The summed E-state index contributed by atoms with van der Waals surface area (Å²) in [5.74, 6) is 0.643. The number of hydrogen-bond donors (Lipinski definition) is 2. The highest BCUT2D eigenvalue weighted by molar-refractivity contribution is 7.98. The van der Waals surface area contributed by atoms with E-state index in [0.717, 1.165) is 27.7 Å². The van der Waals surface area contributed by atoms with Gasteiger partial charge in [-0.25, -0.2) is 19.6 Å². The lowest BCUT2D eigenvalue weighted by Crippen LogP contribution is -2.27. The maximum atomic E-state index is 12.7. The second kappa shape index (κ2) is 9.06.